The van der Waals surface area contributed by atoms with Gasteiger partial charge in [-0.2, -0.15) is 0 Å². The van der Waals surface area contributed by atoms with Crippen molar-refractivity contribution in [3.63, 3.8) is 0 Å². The quantitative estimate of drug-likeness (QED) is 0.808. The lowest BCUT2D eigenvalue weighted by Gasteiger charge is -2.39. The van der Waals surface area contributed by atoms with Crippen LogP contribution in [0.2, 0.25) is 0 Å². The summed E-state index contributed by atoms with van der Waals surface area (Å²) >= 11 is 0. The Morgan fingerprint density at radius 1 is 1.00 bits per heavy atom. The molecule has 5 heteroatoms. The molecular formula is C24H31N3O2. The third-order valence-corrected chi connectivity index (χ3v) is 5.80. The lowest BCUT2D eigenvalue weighted by atomic mass is 9.81. The predicted molar refractivity (Wildman–Crippen MR) is 115 cm³/mol. The van der Waals surface area contributed by atoms with Crippen molar-refractivity contribution in [1.29, 1.82) is 0 Å². The van der Waals surface area contributed by atoms with Gasteiger partial charge in [0.2, 0.25) is 5.91 Å². The first-order valence-corrected chi connectivity index (χ1v) is 10.3. The van der Waals surface area contributed by atoms with Gasteiger partial charge in [0.25, 0.3) is 0 Å². The monoisotopic (exact) mass is 393 g/mol. The van der Waals surface area contributed by atoms with E-state index in [-0.39, 0.29) is 11.9 Å². The zero-order valence-electron chi connectivity index (χ0n) is 17.6. The maximum atomic E-state index is 12.9. The Kier molecular flexibility index (Phi) is 6.57. The Hall–Kier alpha value is -2.82. The fourth-order valence-electron chi connectivity index (χ4n) is 3.79. The summed E-state index contributed by atoms with van der Waals surface area (Å²) in [5.74, 6) is 0.0109. The van der Waals surface area contributed by atoms with Crippen LogP contribution in [0, 0.1) is 19.3 Å². The van der Waals surface area contributed by atoms with Gasteiger partial charge in [0.15, 0.2) is 0 Å². The van der Waals surface area contributed by atoms with Crippen LogP contribution in [0.4, 0.5) is 4.79 Å². The molecule has 3 amide bonds. The van der Waals surface area contributed by atoms with Gasteiger partial charge in [0, 0.05) is 26.2 Å². The molecule has 1 fully saturated rings. The number of aryl methyl sites for hydroxylation is 2. The minimum atomic E-state index is -0.567. The van der Waals surface area contributed by atoms with E-state index >= 15 is 0 Å². The van der Waals surface area contributed by atoms with Crippen molar-refractivity contribution < 1.29 is 9.59 Å². The van der Waals surface area contributed by atoms with Crippen molar-refractivity contribution in [2.24, 2.45) is 5.41 Å². The molecule has 0 aliphatic carbocycles. The Balaban J connectivity index is 1.54. The normalized spacial score (nSPS) is 18.9. The van der Waals surface area contributed by atoms with Crippen LogP contribution >= 0.6 is 0 Å². The number of hydrogen-bond donors (Lipinski definition) is 2. The fourth-order valence-corrected chi connectivity index (χ4v) is 3.79. The molecule has 154 valence electrons. The van der Waals surface area contributed by atoms with Crippen molar-refractivity contribution in [2.75, 3.05) is 13.1 Å². The maximum Gasteiger partial charge on any atom is 0.317 e. The van der Waals surface area contributed by atoms with Gasteiger partial charge in [-0.15, -0.1) is 0 Å². The van der Waals surface area contributed by atoms with E-state index in [4.69, 9.17) is 0 Å². The SMILES string of the molecule is Cc1ccc(CNC(=O)N2CCC[C@](C)(C(=O)NCc3ccccc3C)C2)cc1. The molecule has 3 rings (SSSR count). The minimum Gasteiger partial charge on any atom is -0.351 e. The van der Waals surface area contributed by atoms with Gasteiger partial charge in [0.1, 0.15) is 0 Å². The molecule has 29 heavy (non-hydrogen) atoms. The summed E-state index contributed by atoms with van der Waals surface area (Å²) < 4.78 is 0. The number of carbonyl (C=O) groups excluding carboxylic acids is 2. The topological polar surface area (TPSA) is 61.4 Å². The van der Waals surface area contributed by atoms with E-state index in [1.54, 1.807) is 4.90 Å². The number of rotatable bonds is 5. The lowest BCUT2D eigenvalue weighted by Crippen LogP contribution is -2.53. The summed E-state index contributed by atoms with van der Waals surface area (Å²) in [6.45, 7) is 8.17. The van der Waals surface area contributed by atoms with Crippen molar-refractivity contribution in [3.05, 3.63) is 70.8 Å². The van der Waals surface area contributed by atoms with Crippen LogP contribution in [0.5, 0.6) is 0 Å². The first-order chi connectivity index (χ1) is 13.9. The second-order valence-electron chi connectivity index (χ2n) is 8.34. The molecular weight excluding hydrogens is 362 g/mol. The maximum absolute atomic E-state index is 12.9. The van der Waals surface area contributed by atoms with Crippen LogP contribution in [0.25, 0.3) is 0 Å². The Bertz CT molecular complexity index is 863. The van der Waals surface area contributed by atoms with Crippen LogP contribution in [0.3, 0.4) is 0 Å². The first kappa shape index (κ1) is 20.9. The van der Waals surface area contributed by atoms with E-state index in [2.05, 4.69) is 10.6 Å². The van der Waals surface area contributed by atoms with Gasteiger partial charge in [-0.3, -0.25) is 4.79 Å². The van der Waals surface area contributed by atoms with Gasteiger partial charge in [-0.05, 0) is 50.3 Å². The van der Waals surface area contributed by atoms with Crippen LogP contribution in [-0.4, -0.2) is 29.9 Å². The molecule has 0 spiro atoms. The summed E-state index contributed by atoms with van der Waals surface area (Å²) in [5, 5.41) is 6.06. The van der Waals surface area contributed by atoms with Crippen molar-refractivity contribution >= 4 is 11.9 Å². The highest BCUT2D eigenvalue weighted by molar-refractivity contribution is 5.84. The molecule has 0 saturated carbocycles. The zero-order valence-corrected chi connectivity index (χ0v) is 17.6. The summed E-state index contributed by atoms with van der Waals surface area (Å²) in [6.07, 6.45) is 1.61. The highest BCUT2D eigenvalue weighted by atomic mass is 16.2. The first-order valence-electron chi connectivity index (χ1n) is 10.3. The van der Waals surface area contributed by atoms with E-state index in [1.807, 2.05) is 69.3 Å². The molecule has 2 aromatic rings. The van der Waals surface area contributed by atoms with Gasteiger partial charge < -0.3 is 15.5 Å². The standard InChI is InChI=1S/C24H31N3O2/c1-18-9-11-20(12-10-18)15-26-23(29)27-14-6-13-24(3,17-27)22(28)25-16-21-8-5-4-7-19(21)2/h4-5,7-12H,6,13-17H2,1-3H3,(H,25,28)(H,26,29)/t24-/m0/s1. The number of amides is 3. The molecule has 0 aromatic heterocycles. The molecule has 5 nitrogen and oxygen atoms in total. The average molecular weight is 394 g/mol. The molecule has 1 saturated heterocycles. The number of benzene rings is 2. The summed E-state index contributed by atoms with van der Waals surface area (Å²) in [5.41, 5.74) is 3.98. The zero-order chi connectivity index (χ0) is 20.9. The number of carbonyl (C=O) groups is 2. The third-order valence-electron chi connectivity index (χ3n) is 5.80. The van der Waals surface area contributed by atoms with E-state index in [0.29, 0.717) is 26.2 Å². The predicted octanol–water partition coefficient (Wildman–Crippen LogP) is 3.93. The smallest absolute Gasteiger partial charge is 0.317 e. The van der Waals surface area contributed by atoms with Gasteiger partial charge in [-0.25, -0.2) is 4.79 Å². The molecule has 2 N–H and O–H groups in total. The van der Waals surface area contributed by atoms with E-state index in [1.165, 1.54) is 11.1 Å². The van der Waals surface area contributed by atoms with Gasteiger partial charge >= 0.3 is 6.03 Å². The molecule has 2 aromatic carbocycles. The minimum absolute atomic E-state index is 0.0109. The molecule has 1 aliphatic rings. The Labute approximate surface area is 173 Å². The molecule has 1 atom stereocenters. The lowest BCUT2D eigenvalue weighted by molar-refractivity contribution is -0.132. The second kappa shape index (κ2) is 9.12. The third kappa shape index (κ3) is 5.37. The highest BCUT2D eigenvalue weighted by Crippen LogP contribution is 2.30. The van der Waals surface area contributed by atoms with E-state index in [9.17, 15) is 9.59 Å². The number of piperidine rings is 1. The number of nitrogens with zero attached hydrogens (tertiary/aromatic N) is 1. The van der Waals surface area contributed by atoms with E-state index < -0.39 is 5.41 Å². The molecule has 0 radical (unpaired) electrons. The molecule has 1 aliphatic heterocycles. The molecule has 0 bridgehead atoms. The van der Waals surface area contributed by atoms with Crippen molar-refractivity contribution in [1.82, 2.24) is 15.5 Å². The molecule has 1 heterocycles. The highest BCUT2D eigenvalue weighted by Gasteiger charge is 2.39. The number of hydrogen-bond acceptors (Lipinski definition) is 2. The Morgan fingerprint density at radius 3 is 2.45 bits per heavy atom. The van der Waals surface area contributed by atoms with Crippen LogP contribution in [-0.2, 0) is 17.9 Å². The largest absolute Gasteiger partial charge is 0.351 e. The van der Waals surface area contributed by atoms with Gasteiger partial charge in [0.05, 0.1) is 5.41 Å². The van der Waals surface area contributed by atoms with Crippen molar-refractivity contribution in [3.8, 4) is 0 Å². The second-order valence-corrected chi connectivity index (χ2v) is 8.34. The van der Waals surface area contributed by atoms with Crippen LogP contribution in [0.1, 0.15) is 42.0 Å². The summed E-state index contributed by atoms with van der Waals surface area (Å²) in [7, 11) is 0. The fraction of sp³-hybridized carbons (Fsp3) is 0.417. The molecule has 0 unspecified atom stereocenters. The number of nitrogens with one attached hydrogen (secondary N) is 2. The van der Waals surface area contributed by atoms with Crippen LogP contribution < -0.4 is 10.6 Å². The summed E-state index contributed by atoms with van der Waals surface area (Å²) in [4.78, 5) is 27.3. The summed E-state index contributed by atoms with van der Waals surface area (Å²) in [6, 6.07) is 16.1. The van der Waals surface area contributed by atoms with E-state index in [0.717, 1.165) is 24.0 Å². The van der Waals surface area contributed by atoms with Crippen molar-refractivity contribution in [2.45, 2.75) is 46.7 Å². The average Bonchev–Trinajstić information content (AvgIpc) is 2.72. The van der Waals surface area contributed by atoms with Gasteiger partial charge in [-0.1, -0.05) is 54.1 Å². The number of likely N-dealkylation sites (tertiary alicyclic amines) is 1. The Morgan fingerprint density at radius 2 is 1.72 bits per heavy atom. The van der Waals surface area contributed by atoms with Crippen LogP contribution in [0.15, 0.2) is 48.5 Å². The number of urea groups is 1.